The van der Waals surface area contributed by atoms with Crippen LogP contribution in [0.4, 0.5) is 5.69 Å². The van der Waals surface area contributed by atoms with Crippen molar-refractivity contribution in [3.63, 3.8) is 0 Å². The van der Waals surface area contributed by atoms with E-state index in [4.69, 9.17) is 35.9 Å². The largest absolute Gasteiger partial charge is 0.493 e. The molecule has 0 N–H and O–H groups in total. The van der Waals surface area contributed by atoms with E-state index in [1.165, 1.54) is 23.8 Å². The molecule has 8 nitrogen and oxygen atoms in total. The lowest BCUT2D eigenvalue weighted by molar-refractivity contribution is -0.149. The molecular weight excluding hydrogens is 466 g/mol. The number of anilines is 1. The van der Waals surface area contributed by atoms with Crippen molar-refractivity contribution in [2.24, 2.45) is 0 Å². The highest BCUT2D eigenvalue weighted by atomic mass is 32.2. The maximum atomic E-state index is 13.1. The highest BCUT2D eigenvalue weighted by Gasteiger charge is 2.34. The monoisotopic (exact) mass is 487 g/mol. The molecule has 0 aliphatic carbocycles. The fraction of sp³-hybridized carbons (Fsp3) is 0.261. The SMILES string of the molecule is COc1cc(/C=C2\SC(=S)N(c3ccc4c(c3)OCO4)C2=O)ccc1OCC(=O)OC(C)C. The van der Waals surface area contributed by atoms with Crippen molar-refractivity contribution in [2.75, 3.05) is 25.4 Å². The van der Waals surface area contributed by atoms with Crippen molar-refractivity contribution in [1.29, 1.82) is 0 Å². The molecule has 0 aromatic heterocycles. The fourth-order valence-corrected chi connectivity index (χ4v) is 4.49. The molecule has 1 fully saturated rings. The minimum absolute atomic E-state index is 0.150. The molecule has 2 aromatic carbocycles. The van der Waals surface area contributed by atoms with Gasteiger partial charge in [0.05, 0.1) is 23.8 Å². The van der Waals surface area contributed by atoms with E-state index in [2.05, 4.69) is 0 Å². The van der Waals surface area contributed by atoms with Crippen molar-refractivity contribution in [3.05, 3.63) is 46.9 Å². The van der Waals surface area contributed by atoms with E-state index in [9.17, 15) is 9.59 Å². The van der Waals surface area contributed by atoms with E-state index in [1.807, 2.05) is 0 Å². The number of esters is 1. The number of benzene rings is 2. The van der Waals surface area contributed by atoms with E-state index < -0.39 is 5.97 Å². The summed E-state index contributed by atoms with van der Waals surface area (Å²) in [5, 5.41) is 0. The number of thioether (sulfide) groups is 1. The van der Waals surface area contributed by atoms with Gasteiger partial charge in [-0.15, -0.1) is 0 Å². The van der Waals surface area contributed by atoms with E-state index >= 15 is 0 Å². The normalized spacial score (nSPS) is 16.0. The van der Waals surface area contributed by atoms with Crippen LogP contribution >= 0.6 is 24.0 Å². The quantitative estimate of drug-likeness (QED) is 0.325. The van der Waals surface area contributed by atoms with Crippen LogP contribution in [0.1, 0.15) is 19.4 Å². The Balaban J connectivity index is 1.51. The van der Waals surface area contributed by atoms with Crippen LogP contribution in [-0.4, -0.2) is 42.8 Å². The molecule has 1 amide bonds. The molecule has 2 heterocycles. The summed E-state index contributed by atoms with van der Waals surface area (Å²) in [5.74, 6) is 1.31. The maximum Gasteiger partial charge on any atom is 0.344 e. The van der Waals surface area contributed by atoms with Crippen LogP contribution in [0.25, 0.3) is 6.08 Å². The van der Waals surface area contributed by atoms with Crippen LogP contribution in [0.5, 0.6) is 23.0 Å². The second-order valence-electron chi connectivity index (χ2n) is 7.29. The van der Waals surface area contributed by atoms with Crippen molar-refractivity contribution in [2.45, 2.75) is 20.0 Å². The zero-order valence-corrected chi connectivity index (χ0v) is 19.8. The number of fused-ring (bicyclic) bond motifs is 1. The Morgan fingerprint density at radius 1 is 1.18 bits per heavy atom. The summed E-state index contributed by atoms with van der Waals surface area (Å²) in [4.78, 5) is 26.7. The van der Waals surface area contributed by atoms with Crippen LogP contribution in [0.2, 0.25) is 0 Å². The summed E-state index contributed by atoms with van der Waals surface area (Å²) < 4.78 is 27.1. The Labute approximate surface area is 200 Å². The van der Waals surface area contributed by atoms with Crippen molar-refractivity contribution in [3.8, 4) is 23.0 Å². The minimum atomic E-state index is -0.469. The van der Waals surface area contributed by atoms with Crippen LogP contribution in [-0.2, 0) is 14.3 Å². The zero-order chi connectivity index (χ0) is 23.5. The van der Waals surface area contributed by atoms with Gasteiger partial charge >= 0.3 is 5.97 Å². The Morgan fingerprint density at radius 2 is 1.97 bits per heavy atom. The molecule has 0 unspecified atom stereocenters. The van der Waals surface area contributed by atoms with Gasteiger partial charge in [0.2, 0.25) is 6.79 Å². The average molecular weight is 488 g/mol. The summed E-state index contributed by atoms with van der Waals surface area (Å²) >= 11 is 6.65. The van der Waals surface area contributed by atoms with Crippen LogP contribution in [0.3, 0.4) is 0 Å². The van der Waals surface area contributed by atoms with E-state index in [1.54, 1.807) is 56.3 Å². The number of carbonyl (C=O) groups excluding carboxylic acids is 2. The first-order valence-corrected chi connectivity index (χ1v) is 11.3. The number of rotatable bonds is 7. The van der Waals surface area contributed by atoms with Crippen LogP contribution in [0, 0.1) is 0 Å². The Kier molecular flexibility index (Phi) is 6.75. The highest BCUT2D eigenvalue weighted by molar-refractivity contribution is 8.27. The van der Waals surface area contributed by atoms with Crippen molar-refractivity contribution in [1.82, 2.24) is 0 Å². The summed E-state index contributed by atoms with van der Waals surface area (Å²) in [7, 11) is 1.50. The standard InChI is InChI=1S/C23H21NO7S2/c1-13(2)31-21(25)11-28-16-6-4-14(8-18(16)27-3)9-20-22(26)24(23(32)33-20)15-5-7-17-19(10-15)30-12-29-17/h4-10,13H,11-12H2,1-3H3/b20-9-. The number of amides is 1. The van der Waals surface area contributed by atoms with E-state index in [0.29, 0.717) is 37.9 Å². The molecule has 172 valence electrons. The minimum Gasteiger partial charge on any atom is -0.493 e. The van der Waals surface area contributed by atoms with Gasteiger partial charge in [0.1, 0.15) is 0 Å². The molecule has 1 saturated heterocycles. The molecule has 33 heavy (non-hydrogen) atoms. The van der Waals surface area contributed by atoms with Crippen LogP contribution < -0.4 is 23.8 Å². The summed E-state index contributed by atoms with van der Waals surface area (Å²) in [6, 6.07) is 10.4. The lowest BCUT2D eigenvalue weighted by Gasteiger charge is -2.14. The predicted octanol–water partition coefficient (Wildman–Crippen LogP) is 4.16. The lowest BCUT2D eigenvalue weighted by atomic mass is 10.1. The first-order valence-electron chi connectivity index (χ1n) is 10.0. The average Bonchev–Trinajstić information content (AvgIpc) is 3.35. The van der Waals surface area contributed by atoms with Gasteiger partial charge in [0.25, 0.3) is 5.91 Å². The fourth-order valence-electron chi connectivity index (χ4n) is 3.19. The van der Waals surface area contributed by atoms with E-state index in [0.717, 1.165) is 5.56 Å². The van der Waals surface area contributed by atoms with Crippen molar-refractivity contribution < 1.29 is 33.3 Å². The topological polar surface area (TPSA) is 83.5 Å². The first-order chi connectivity index (χ1) is 15.9. The zero-order valence-electron chi connectivity index (χ0n) is 18.2. The predicted molar refractivity (Wildman–Crippen MR) is 128 cm³/mol. The Hall–Kier alpha value is -3.24. The van der Waals surface area contributed by atoms with Gasteiger partial charge in [-0.2, -0.15) is 0 Å². The van der Waals surface area contributed by atoms with Gasteiger partial charge in [0.15, 0.2) is 33.9 Å². The summed E-state index contributed by atoms with van der Waals surface area (Å²) in [6.45, 7) is 3.45. The van der Waals surface area contributed by atoms with Gasteiger partial charge in [-0.05, 0) is 49.8 Å². The van der Waals surface area contributed by atoms with Crippen molar-refractivity contribution >= 4 is 51.9 Å². The first kappa shape index (κ1) is 22.9. The molecule has 2 aromatic rings. The third-order valence-corrected chi connectivity index (χ3v) is 5.91. The molecule has 0 bridgehead atoms. The molecule has 10 heteroatoms. The van der Waals surface area contributed by atoms with E-state index in [-0.39, 0.29) is 25.4 Å². The number of methoxy groups -OCH3 is 1. The molecule has 0 atom stereocenters. The van der Waals surface area contributed by atoms with Crippen LogP contribution in [0.15, 0.2) is 41.3 Å². The highest BCUT2D eigenvalue weighted by Crippen LogP contribution is 2.41. The van der Waals surface area contributed by atoms with Gasteiger partial charge in [-0.1, -0.05) is 30.0 Å². The second-order valence-corrected chi connectivity index (χ2v) is 8.97. The molecule has 0 saturated carbocycles. The number of thiocarbonyl (C=S) groups is 1. The van der Waals surface area contributed by atoms with Gasteiger partial charge in [-0.3, -0.25) is 9.69 Å². The number of nitrogens with zero attached hydrogens (tertiary/aromatic N) is 1. The Bertz CT molecular complexity index is 1150. The molecule has 0 radical (unpaired) electrons. The Morgan fingerprint density at radius 3 is 2.73 bits per heavy atom. The molecule has 4 rings (SSSR count). The summed E-state index contributed by atoms with van der Waals surface area (Å²) in [5.41, 5.74) is 1.33. The smallest absolute Gasteiger partial charge is 0.344 e. The lowest BCUT2D eigenvalue weighted by Crippen LogP contribution is -2.27. The summed E-state index contributed by atoms with van der Waals surface area (Å²) in [6.07, 6.45) is 1.51. The number of ether oxygens (including phenoxy) is 5. The molecule has 0 spiro atoms. The van der Waals surface area contributed by atoms with Gasteiger partial charge < -0.3 is 23.7 Å². The molecule has 2 aliphatic heterocycles. The number of carbonyl (C=O) groups is 2. The third kappa shape index (κ3) is 5.07. The second kappa shape index (κ2) is 9.72. The number of hydrogen-bond donors (Lipinski definition) is 0. The third-order valence-electron chi connectivity index (χ3n) is 4.61. The molecule has 2 aliphatic rings. The number of hydrogen-bond acceptors (Lipinski definition) is 9. The van der Waals surface area contributed by atoms with Gasteiger partial charge in [-0.25, -0.2) is 4.79 Å². The molecular formula is C23H21NO7S2. The van der Waals surface area contributed by atoms with Gasteiger partial charge in [0, 0.05) is 6.07 Å². The maximum absolute atomic E-state index is 13.1.